The van der Waals surface area contributed by atoms with Gasteiger partial charge in [-0.3, -0.25) is 4.79 Å². The molecular formula is C63H115NO3. The molecule has 2 atom stereocenters. The van der Waals surface area contributed by atoms with Gasteiger partial charge in [0.05, 0.1) is 18.8 Å². The number of carbonyl (C=O) groups excluding carboxylic acids is 1. The van der Waals surface area contributed by atoms with E-state index in [4.69, 9.17) is 0 Å². The first-order chi connectivity index (χ1) is 33.2. The fourth-order valence-electron chi connectivity index (χ4n) is 8.97. The van der Waals surface area contributed by atoms with Crippen LogP contribution in [-0.4, -0.2) is 34.9 Å². The number of allylic oxidation sites excluding steroid dienone is 11. The van der Waals surface area contributed by atoms with E-state index in [1.807, 2.05) is 6.08 Å². The Hall–Kier alpha value is -2.17. The molecule has 1 amide bonds. The van der Waals surface area contributed by atoms with Crippen LogP contribution in [0.15, 0.2) is 72.9 Å². The summed E-state index contributed by atoms with van der Waals surface area (Å²) in [5.74, 6) is -0.0604. The van der Waals surface area contributed by atoms with Gasteiger partial charge in [0.1, 0.15) is 0 Å². The molecule has 0 aromatic heterocycles. The third-order valence-electron chi connectivity index (χ3n) is 13.4. The maximum Gasteiger partial charge on any atom is 0.220 e. The summed E-state index contributed by atoms with van der Waals surface area (Å²) in [4.78, 5) is 12.5. The van der Waals surface area contributed by atoms with Crippen molar-refractivity contribution >= 4 is 5.91 Å². The van der Waals surface area contributed by atoms with Crippen LogP contribution in [0.5, 0.6) is 0 Å². The minimum absolute atomic E-state index is 0.0604. The summed E-state index contributed by atoms with van der Waals surface area (Å²) in [6.07, 6.45) is 83.7. The SMILES string of the molecule is CC/C=C\C/C=C\C/C=C\C/C=C\C/C=C\CCCCCCCCCCCCCCCCCCCCCCCCCCCC(=O)NC(CO)C(O)/C=C/CCCCCCCCCCCCCC. The molecule has 0 fully saturated rings. The molecule has 0 aliphatic heterocycles. The minimum Gasteiger partial charge on any atom is -0.394 e. The summed E-state index contributed by atoms with van der Waals surface area (Å²) in [5, 5.41) is 23.1. The van der Waals surface area contributed by atoms with Gasteiger partial charge in [0.25, 0.3) is 0 Å². The Morgan fingerprint density at radius 3 is 0.985 bits per heavy atom. The van der Waals surface area contributed by atoms with E-state index >= 15 is 0 Å². The Morgan fingerprint density at radius 1 is 0.373 bits per heavy atom. The van der Waals surface area contributed by atoms with E-state index in [1.165, 1.54) is 225 Å². The van der Waals surface area contributed by atoms with Gasteiger partial charge in [-0.25, -0.2) is 0 Å². The molecule has 0 aliphatic carbocycles. The number of aliphatic hydroxyl groups is 2. The fraction of sp³-hybridized carbons (Fsp3) is 0.794. The van der Waals surface area contributed by atoms with Crippen LogP contribution in [0.4, 0.5) is 0 Å². The highest BCUT2D eigenvalue weighted by molar-refractivity contribution is 5.76. The summed E-state index contributed by atoms with van der Waals surface area (Å²) in [7, 11) is 0. The molecule has 0 radical (unpaired) electrons. The largest absolute Gasteiger partial charge is 0.394 e. The van der Waals surface area contributed by atoms with Crippen molar-refractivity contribution in [3.63, 3.8) is 0 Å². The van der Waals surface area contributed by atoms with Crippen LogP contribution in [0.2, 0.25) is 0 Å². The zero-order valence-electron chi connectivity index (χ0n) is 44.9. The fourth-order valence-corrected chi connectivity index (χ4v) is 8.97. The molecule has 4 heteroatoms. The van der Waals surface area contributed by atoms with Crippen LogP contribution >= 0.6 is 0 Å². The predicted octanol–water partition coefficient (Wildman–Crippen LogP) is 19.8. The third kappa shape index (κ3) is 54.6. The molecule has 0 saturated carbocycles. The number of carbonyl (C=O) groups is 1. The first kappa shape index (κ1) is 64.8. The predicted molar refractivity (Wildman–Crippen MR) is 299 cm³/mol. The lowest BCUT2D eigenvalue weighted by molar-refractivity contribution is -0.123. The number of rotatable bonds is 54. The van der Waals surface area contributed by atoms with Gasteiger partial charge in [0, 0.05) is 6.42 Å². The van der Waals surface area contributed by atoms with E-state index in [0.717, 1.165) is 57.8 Å². The Kier molecular flexibility index (Phi) is 56.3. The molecule has 0 aliphatic rings. The molecule has 0 aromatic rings. The Labute approximate surface area is 419 Å². The van der Waals surface area contributed by atoms with Crippen LogP contribution in [-0.2, 0) is 4.79 Å². The van der Waals surface area contributed by atoms with Crippen molar-refractivity contribution in [3.8, 4) is 0 Å². The quantitative estimate of drug-likeness (QED) is 0.0420. The molecule has 4 nitrogen and oxygen atoms in total. The molecule has 3 N–H and O–H groups in total. The van der Waals surface area contributed by atoms with E-state index in [-0.39, 0.29) is 12.5 Å². The molecule has 67 heavy (non-hydrogen) atoms. The normalized spacial score (nSPS) is 13.3. The van der Waals surface area contributed by atoms with Gasteiger partial charge in [0.2, 0.25) is 5.91 Å². The number of nitrogens with one attached hydrogen (secondary N) is 1. The van der Waals surface area contributed by atoms with Crippen LogP contribution in [0.3, 0.4) is 0 Å². The molecule has 2 unspecified atom stereocenters. The summed E-state index contributed by atoms with van der Waals surface area (Å²) in [5.41, 5.74) is 0. The molecule has 390 valence electrons. The lowest BCUT2D eigenvalue weighted by Crippen LogP contribution is -2.45. The lowest BCUT2D eigenvalue weighted by atomic mass is 10.0. The number of amides is 1. The van der Waals surface area contributed by atoms with Crippen LogP contribution in [0.25, 0.3) is 0 Å². The van der Waals surface area contributed by atoms with E-state index < -0.39 is 12.1 Å². The van der Waals surface area contributed by atoms with Gasteiger partial charge in [0.15, 0.2) is 0 Å². The van der Waals surface area contributed by atoms with Gasteiger partial charge >= 0.3 is 0 Å². The lowest BCUT2D eigenvalue weighted by Gasteiger charge is -2.20. The second kappa shape index (κ2) is 58.1. The van der Waals surface area contributed by atoms with Crippen molar-refractivity contribution in [3.05, 3.63) is 72.9 Å². The number of hydrogen-bond acceptors (Lipinski definition) is 3. The Bertz CT molecular complexity index is 1150. The molecule has 0 heterocycles. The average molecular weight is 935 g/mol. The number of hydrogen-bond donors (Lipinski definition) is 3. The maximum atomic E-state index is 12.5. The van der Waals surface area contributed by atoms with Crippen molar-refractivity contribution in [2.45, 2.75) is 315 Å². The second-order valence-electron chi connectivity index (χ2n) is 20.0. The van der Waals surface area contributed by atoms with Crippen LogP contribution in [0.1, 0.15) is 303 Å². The first-order valence-electron chi connectivity index (χ1n) is 29.7. The van der Waals surface area contributed by atoms with Gasteiger partial charge in [-0.2, -0.15) is 0 Å². The second-order valence-corrected chi connectivity index (χ2v) is 20.0. The molecule has 0 bridgehead atoms. The van der Waals surface area contributed by atoms with Gasteiger partial charge in [-0.15, -0.1) is 0 Å². The summed E-state index contributed by atoms with van der Waals surface area (Å²) >= 11 is 0. The van der Waals surface area contributed by atoms with Crippen molar-refractivity contribution < 1.29 is 15.0 Å². The van der Waals surface area contributed by atoms with Crippen molar-refractivity contribution in [2.75, 3.05) is 6.61 Å². The van der Waals surface area contributed by atoms with Crippen molar-refractivity contribution in [2.24, 2.45) is 0 Å². The van der Waals surface area contributed by atoms with Crippen LogP contribution in [0, 0.1) is 0 Å². The van der Waals surface area contributed by atoms with Crippen LogP contribution < -0.4 is 5.32 Å². The monoisotopic (exact) mass is 934 g/mol. The molecule has 0 rings (SSSR count). The van der Waals surface area contributed by atoms with E-state index in [0.29, 0.717) is 6.42 Å². The Morgan fingerprint density at radius 2 is 0.657 bits per heavy atom. The highest BCUT2D eigenvalue weighted by atomic mass is 16.3. The highest BCUT2D eigenvalue weighted by Gasteiger charge is 2.18. The van der Waals surface area contributed by atoms with Gasteiger partial charge < -0.3 is 15.5 Å². The summed E-state index contributed by atoms with van der Waals surface area (Å²) in [6.45, 7) is 4.21. The zero-order valence-corrected chi connectivity index (χ0v) is 44.9. The standard InChI is InChI=1S/C63H115NO3/c1-3-5-7-9-11-13-15-17-19-20-21-22-23-24-25-26-27-28-29-30-31-32-33-34-35-36-37-38-39-40-41-42-43-44-45-47-49-51-53-55-57-59-63(67)64-61(60-65)62(66)58-56-54-52-50-48-46-18-16-14-12-10-8-6-4-2/h5,7,11,13,17,19,21-22,24-25,56,58,61-62,65-66H,3-4,6,8-10,12,14-16,18,20,23,26-55,57,59-60H2,1-2H3,(H,64,67)/b7-5-,13-11-,19-17-,22-21-,25-24-,58-56+. The van der Waals surface area contributed by atoms with E-state index in [1.54, 1.807) is 6.08 Å². The molecule has 0 spiro atoms. The Balaban J connectivity index is 3.40. The molecule has 0 saturated heterocycles. The van der Waals surface area contributed by atoms with Gasteiger partial charge in [-0.05, 0) is 64.2 Å². The maximum absolute atomic E-state index is 12.5. The summed E-state index contributed by atoms with van der Waals surface area (Å²) in [6, 6.07) is -0.621. The third-order valence-corrected chi connectivity index (χ3v) is 13.4. The number of aliphatic hydroxyl groups excluding tert-OH is 2. The first-order valence-corrected chi connectivity index (χ1v) is 29.7. The number of unbranched alkanes of at least 4 members (excludes halogenated alkanes) is 37. The van der Waals surface area contributed by atoms with Crippen molar-refractivity contribution in [1.29, 1.82) is 0 Å². The van der Waals surface area contributed by atoms with E-state index in [9.17, 15) is 15.0 Å². The average Bonchev–Trinajstić information content (AvgIpc) is 3.33. The smallest absolute Gasteiger partial charge is 0.220 e. The van der Waals surface area contributed by atoms with Crippen molar-refractivity contribution in [1.82, 2.24) is 5.32 Å². The van der Waals surface area contributed by atoms with Gasteiger partial charge in [-0.1, -0.05) is 305 Å². The minimum atomic E-state index is -0.838. The zero-order chi connectivity index (χ0) is 48.5. The molecular weight excluding hydrogens is 819 g/mol. The molecule has 0 aromatic carbocycles. The summed E-state index contributed by atoms with van der Waals surface area (Å²) < 4.78 is 0. The topological polar surface area (TPSA) is 69.6 Å². The highest BCUT2D eigenvalue weighted by Crippen LogP contribution is 2.17. The van der Waals surface area contributed by atoms with E-state index in [2.05, 4.69) is 79.9 Å².